The van der Waals surface area contributed by atoms with Crippen LogP contribution in [0.1, 0.15) is 36.5 Å². The molecule has 2 heterocycles. The summed E-state index contributed by atoms with van der Waals surface area (Å²) in [5.74, 6) is 1.68. The number of guanidine groups is 1. The van der Waals surface area contributed by atoms with Crippen LogP contribution in [0.3, 0.4) is 0 Å². The van der Waals surface area contributed by atoms with E-state index >= 15 is 0 Å². The van der Waals surface area contributed by atoms with E-state index in [2.05, 4.69) is 56.7 Å². The normalized spacial score (nSPS) is 15.5. The smallest absolute Gasteiger partial charge is 0.191 e. The van der Waals surface area contributed by atoms with Crippen molar-refractivity contribution in [2.75, 3.05) is 26.7 Å². The zero-order chi connectivity index (χ0) is 20.5. The van der Waals surface area contributed by atoms with Gasteiger partial charge in [0.2, 0.25) is 0 Å². The fourth-order valence-electron chi connectivity index (χ4n) is 3.60. The highest BCUT2D eigenvalue weighted by Gasteiger charge is 2.15. The van der Waals surface area contributed by atoms with E-state index in [0.29, 0.717) is 5.15 Å². The molecule has 0 aliphatic carbocycles. The fraction of sp³-hybridized carbons (Fsp3) is 0.478. The number of nitrogens with one attached hydrogen (secondary N) is 2. The third kappa shape index (κ3) is 8.40. The third-order valence-corrected chi connectivity index (χ3v) is 5.68. The standard InChI is InChI=1S/C23H32ClN5.HI/c1-18-9-12-29(13-10-18)17-21-5-3-4-20(14-21)16-28-23(25-2)26-11-8-19-6-7-22(24)27-15-19;/h3-7,14-15,18H,8-13,16-17H2,1-2H3,(H2,25,26,28);1H. The molecule has 0 bridgehead atoms. The number of pyridine rings is 1. The van der Waals surface area contributed by atoms with Gasteiger partial charge in [0.1, 0.15) is 5.15 Å². The van der Waals surface area contributed by atoms with Gasteiger partial charge in [-0.15, -0.1) is 24.0 Å². The molecule has 7 heteroatoms. The first-order valence-electron chi connectivity index (χ1n) is 10.5. The average molecular weight is 542 g/mol. The van der Waals surface area contributed by atoms with E-state index in [1.807, 2.05) is 18.3 Å². The summed E-state index contributed by atoms with van der Waals surface area (Å²) >= 11 is 5.83. The molecule has 30 heavy (non-hydrogen) atoms. The molecule has 0 amide bonds. The highest BCUT2D eigenvalue weighted by atomic mass is 127. The van der Waals surface area contributed by atoms with Crippen LogP contribution in [0.15, 0.2) is 47.6 Å². The predicted octanol–water partition coefficient (Wildman–Crippen LogP) is 4.49. The van der Waals surface area contributed by atoms with Crippen molar-refractivity contribution in [1.29, 1.82) is 0 Å². The molecule has 0 atom stereocenters. The van der Waals surface area contributed by atoms with Gasteiger partial charge in [0.15, 0.2) is 5.96 Å². The van der Waals surface area contributed by atoms with E-state index < -0.39 is 0 Å². The van der Waals surface area contributed by atoms with Crippen LogP contribution < -0.4 is 10.6 Å². The molecule has 3 rings (SSSR count). The van der Waals surface area contributed by atoms with Gasteiger partial charge in [-0.1, -0.05) is 48.9 Å². The summed E-state index contributed by atoms with van der Waals surface area (Å²) in [6.07, 6.45) is 5.31. The van der Waals surface area contributed by atoms with Crippen LogP contribution in [0.25, 0.3) is 0 Å². The molecule has 2 N–H and O–H groups in total. The van der Waals surface area contributed by atoms with Gasteiger partial charge in [0, 0.05) is 32.9 Å². The zero-order valence-corrected chi connectivity index (χ0v) is 21.0. The minimum atomic E-state index is 0. The molecule has 0 unspecified atom stereocenters. The lowest BCUT2D eigenvalue weighted by Crippen LogP contribution is -2.37. The van der Waals surface area contributed by atoms with Crippen molar-refractivity contribution < 1.29 is 0 Å². The van der Waals surface area contributed by atoms with Gasteiger partial charge >= 0.3 is 0 Å². The quantitative estimate of drug-likeness (QED) is 0.235. The molecule has 164 valence electrons. The summed E-state index contributed by atoms with van der Waals surface area (Å²) in [5, 5.41) is 7.29. The molecule has 0 saturated carbocycles. The number of aliphatic imine (C=N–C) groups is 1. The van der Waals surface area contributed by atoms with Crippen molar-refractivity contribution in [2.24, 2.45) is 10.9 Å². The second-order valence-electron chi connectivity index (χ2n) is 7.87. The lowest BCUT2D eigenvalue weighted by atomic mass is 9.98. The summed E-state index contributed by atoms with van der Waals surface area (Å²) in [5.41, 5.74) is 3.81. The SMILES string of the molecule is CN=C(NCCc1ccc(Cl)nc1)NCc1cccc(CN2CCC(C)CC2)c1.I. The molecular weight excluding hydrogens is 509 g/mol. The number of likely N-dealkylation sites (tertiary alicyclic amines) is 1. The van der Waals surface area contributed by atoms with Gasteiger partial charge in [-0.25, -0.2) is 4.98 Å². The number of halogens is 2. The van der Waals surface area contributed by atoms with Crippen molar-refractivity contribution in [3.63, 3.8) is 0 Å². The second-order valence-corrected chi connectivity index (χ2v) is 8.26. The Morgan fingerprint density at radius 3 is 2.60 bits per heavy atom. The van der Waals surface area contributed by atoms with Crippen molar-refractivity contribution in [3.05, 3.63) is 64.4 Å². The first-order valence-corrected chi connectivity index (χ1v) is 10.9. The van der Waals surface area contributed by atoms with Gasteiger partial charge in [-0.05, 0) is 61.0 Å². The van der Waals surface area contributed by atoms with Crippen LogP contribution in [0.2, 0.25) is 5.15 Å². The topological polar surface area (TPSA) is 52.6 Å². The predicted molar refractivity (Wildman–Crippen MR) is 137 cm³/mol. The highest BCUT2D eigenvalue weighted by Crippen LogP contribution is 2.18. The number of piperidine rings is 1. The van der Waals surface area contributed by atoms with Crippen LogP contribution in [0, 0.1) is 5.92 Å². The van der Waals surface area contributed by atoms with E-state index in [0.717, 1.165) is 43.5 Å². The Morgan fingerprint density at radius 2 is 1.90 bits per heavy atom. The van der Waals surface area contributed by atoms with Crippen molar-refractivity contribution in [1.82, 2.24) is 20.5 Å². The summed E-state index contributed by atoms with van der Waals surface area (Å²) in [6, 6.07) is 12.7. The first kappa shape index (κ1) is 24.9. The van der Waals surface area contributed by atoms with Crippen LogP contribution in [0.4, 0.5) is 0 Å². The molecule has 1 aromatic heterocycles. The average Bonchev–Trinajstić information content (AvgIpc) is 2.74. The Morgan fingerprint density at radius 1 is 1.13 bits per heavy atom. The number of benzene rings is 1. The number of hydrogen-bond donors (Lipinski definition) is 2. The van der Waals surface area contributed by atoms with Crippen LogP contribution in [0.5, 0.6) is 0 Å². The van der Waals surface area contributed by atoms with E-state index in [9.17, 15) is 0 Å². The van der Waals surface area contributed by atoms with Crippen molar-refractivity contribution in [3.8, 4) is 0 Å². The Balaban J connectivity index is 0.00000320. The number of hydrogen-bond acceptors (Lipinski definition) is 3. The molecule has 1 aromatic carbocycles. The molecule has 0 spiro atoms. The molecule has 1 fully saturated rings. The lowest BCUT2D eigenvalue weighted by Gasteiger charge is -2.30. The van der Waals surface area contributed by atoms with Gasteiger partial charge in [-0.3, -0.25) is 9.89 Å². The van der Waals surface area contributed by atoms with Crippen LogP contribution >= 0.6 is 35.6 Å². The number of nitrogens with zero attached hydrogens (tertiary/aromatic N) is 3. The van der Waals surface area contributed by atoms with Gasteiger partial charge in [0.25, 0.3) is 0 Å². The largest absolute Gasteiger partial charge is 0.356 e. The first-order chi connectivity index (χ1) is 14.1. The van der Waals surface area contributed by atoms with Crippen LogP contribution in [-0.2, 0) is 19.5 Å². The molecule has 1 aliphatic heterocycles. The maximum absolute atomic E-state index is 5.83. The minimum Gasteiger partial charge on any atom is -0.356 e. The summed E-state index contributed by atoms with van der Waals surface area (Å²) in [4.78, 5) is 11.0. The van der Waals surface area contributed by atoms with Gasteiger partial charge < -0.3 is 10.6 Å². The highest BCUT2D eigenvalue weighted by molar-refractivity contribution is 14.0. The number of aromatic nitrogens is 1. The second kappa shape index (κ2) is 13.1. The Kier molecular flexibility index (Phi) is 10.9. The Bertz CT molecular complexity index is 788. The molecule has 2 aromatic rings. The molecular formula is C23H33ClIN5. The van der Waals surface area contributed by atoms with Crippen LogP contribution in [-0.4, -0.2) is 42.5 Å². The van der Waals surface area contributed by atoms with Crippen molar-refractivity contribution in [2.45, 2.75) is 39.3 Å². The van der Waals surface area contributed by atoms with E-state index in [4.69, 9.17) is 11.6 Å². The fourth-order valence-corrected chi connectivity index (χ4v) is 3.71. The van der Waals surface area contributed by atoms with Crippen molar-refractivity contribution >= 4 is 41.5 Å². The van der Waals surface area contributed by atoms with Gasteiger partial charge in [-0.2, -0.15) is 0 Å². The van der Waals surface area contributed by atoms with Gasteiger partial charge in [0.05, 0.1) is 0 Å². The van der Waals surface area contributed by atoms with E-state index in [-0.39, 0.29) is 24.0 Å². The molecule has 0 radical (unpaired) electrons. The maximum Gasteiger partial charge on any atom is 0.191 e. The third-order valence-electron chi connectivity index (χ3n) is 5.45. The maximum atomic E-state index is 5.83. The lowest BCUT2D eigenvalue weighted by molar-refractivity contribution is 0.185. The summed E-state index contributed by atoms with van der Waals surface area (Å²) in [7, 11) is 1.80. The molecule has 5 nitrogen and oxygen atoms in total. The van der Waals surface area contributed by atoms with E-state index in [1.165, 1.54) is 37.1 Å². The minimum absolute atomic E-state index is 0. The summed E-state index contributed by atoms with van der Waals surface area (Å²) < 4.78 is 0. The number of rotatable bonds is 7. The molecule has 1 saturated heterocycles. The summed E-state index contributed by atoms with van der Waals surface area (Å²) in [6.45, 7) is 7.37. The van der Waals surface area contributed by atoms with E-state index in [1.54, 1.807) is 7.05 Å². The zero-order valence-electron chi connectivity index (χ0n) is 17.9. The Labute approximate surface area is 202 Å². The Hall–Kier alpha value is -1.38. The molecule has 1 aliphatic rings. The monoisotopic (exact) mass is 541 g/mol.